The molecule has 0 unspecified atom stereocenters. The number of ether oxygens (including phenoxy) is 1. The summed E-state index contributed by atoms with van der Waals surface area (Å²) in [5, 5.41) is 1.77. The first-order chi connectivity index (χ1) is 15.1. The van der Waals surface area contributed by atoms with Crippen LogP contribution in [0.5, 0.6) is 11.5 Å². The molecule has 151 valence electrons. The van der Waals surface area contributed by atoms with Gasteiger partial charge in [0, 0.05) is 22.9 Å². The Morgan fingerprint density at radius 3 is 2.42 bits per heavy atom. The number of nitrogens with two attached hydrogens (primary N) is 1. The van der Waals surface area contributed by atoms with Crippen LogP contribution in [-0.2, 0) is 6.54 Å². The summed E-state index contributed by atoms with van der Waals surface area (Å²) >= 11 is 0. The first kappa shape index (κ1) is 18.9. The average molecular weight is 405 g/mol. The summed E-state index contributed by atoms with van der Waals surface area (Å²) in [7, 11) is 0. The first-order valence-corrected chi connectivity index (χ1v) is 10.1. The van der Waals surface area contributed by atoms with Gasteiger partial charge in [-0.05, 0) is 66.6 Å². The van der Waals surface area contributed by atoms with Gasteiger partial charge in [0.1, 0.15) is 11.5 Å². The van der Waals surface area contributed by atoms with Gasteiger partial charge in [-0.15, -0.1) is 0 Å². The van der Waals surface area contributed by atoms with Crippen molar-refractivity contribution in [2.45, 2.75) is 13.5 Å². The number of nitrogens with zero attached hydrogens (tertiary/aromatic N) is 1. The summed E-state index contributed by atoms with van der Waals surface area (Å²) in [6.45, 7) is 2.70. The number of primary amides is 1. The van der Waals surface area contributed by atoms with E-state index >= 15 is 0 Å². The fourth-order valence-electron chi connectivity index (χ4n) is 4.01. The van der Waals surface area contributed by atoms with Gasteiger partial charge >= 0.3 is 0 Å². The largest absolute Gasteiger partial charge is 0.457 e. The molecule has 5 aromatic rings. The molecule has 31 heavy (non-hydrogen) atoms. The Bertz CT molecular complexity index is 1400. The number of aromatic nitrogens is 1. The second-order valence-corrected chi connectivity index (χ2v) is 7.65. The van der Waals surface area contributed by atoms with E-state index in [1.165, 1.54) is 0 Å². The summed E-state index contributed by atoms with van der Waals surface area (Å²) in [4.78, 5) is 12.1. The Hall–Kier alpha value is -4.05. The van der Waals surface area contributed by atoms with Crippen molar-refractivity contribution in [2.24, 2.45) is 5.73 Å². The van der Waals surface area contributed by atoms with E-state index in [0.717, 1.165) is 44.4 Å². The SMILES string of the molecule is Cc1c[c]c2c3c(C(N)=O)cccc3n(Cc3ccc(Oc4ccccc4)cc3)c2c1. The zero-order chi connectivity index (χ0) is 21.4. The summed E-state index contributed by atoms with van der Waals surface area (Å²) in [6.07, 6.45) is 0. The van der Waals surface area contributed by atoms with Crippen LogP contribution in [0.4, 0.5) is 0 Å². The third kappa shape index (κ3) is 3.53. The highest BCUT2D eigenvalue weighted by atomic mass is 16.5. The van der Waals surface area contributed by atoms with E-state index in [2.05, 4.69) is 28.8 Å². The van der Waals surface area contributed by atoms with Crippen molar-refractivity contribution in [1.82, 2.24) is 4.57 Å². The molecule has 0 aliphatic carbocycles. The standard InChI is InChI=1S/C27H21N2O2/c1-18-10-15-22-25(16-18)29(24-9-5-8-23(26(22)24)27(28)30)17-19-11-13-21(14-12-19)31-20-6-3-2-4-7-20/h2-14,16H,17H2,1H3,(H2,28,30). The van der Waals surface area contributed by atoms with Gasteiger partial charge < -0.3 is 15.0 Å². The number of fused-ring (bicyclic) bond motifs is 3. The quantitative estimate of drug-likeness (QED) is 0.399. The summed E-state index contributed by atoms with van der Waals surface area (Å²) in [6, 6.07) is 30.9. The van der Waals surface area contributed by atoms with Crippen LogP contribution in [0.2, 0.25) is 0 Å². The van der Waals surface area contributed by atoms with E-state index in [-0.39, 0.29) is 0 Å². The van der Waals surface area contributed by atoms with Gasteiger partial charge in [-0.1, -0.05) is 42.5 Å². The Labute approximate surface area is 180 Å². The molecule has 0 aliphatic heterocycles. The van der Waals surface area contributed by atoms with Crippen LogP contribution in [0, 0.1) is 13.0 Å². The van der Waals surface area contributed by atoms with Gasteiger partial charge in [0.05, 0.1) is 11.0 Å². The molecular formula is C27H21N2O2. The minimum absolute atomic E-state index is 0.430. The van der Waals surface area contributed by atoms with Crippen LogP contribution in [0.15, 0.2) is 84.9 Å². The van der Waals surface area contributed by atoms with E-state index in [9.17, 15) is 4.79 Å². The molecule has 1 aromatic heterocycles. The number of hydrogen-bond acceptors (Lipinski definition) is 2. The van der Waals surface area contributed by atoms with Crippen molar-refractivity contribution < 1.29 is 9.53 Å². The second kappa shape index (κ2) is 7.65. The lowest BCUT2D eigenvalue weighted by molar-refractivity contribution is 0.100. The number of hydrogen-bond donors (Lipinski definition) is 1. The predicted octanol–water partition coefficient (Wildman–Crippen LogP) is 5.84. The van der Waals surface area contributed by atoms with E-state index < -0.39 is 5.91 Å². The fourth-order valence-corrected chi connectivity index (χ4v) is 4.01. The lowest BCUT2D eigenvalue weighted by atomic mass is 10.1. The zero-order valence-electron chi connectivity index (χ0n) is 17.1. The van der Waals surface area contributed by atoms with Crippen molar-refractivity contribution in [1.29, 1.82) is 0 Å². The molecule has 5 rings (SSSR count). The number of para-hydroxylation sites is 1. The second-order valence-electron chi connectivity index (χ2n) is 7.65. The van der Waals surface area contributed by atoms with Gasteiger partial charge in [0.15, 0.2) is 0 Å². The van der Waals surface area contributed by atoms with Crippen LogP contribution >= 0.6 is 0 Å². The monoisotopic (exact) mass is 405 g/mol. The third-order valence-corrected chi connectivity index (χ3v) is 5.45. The van der Waals surface area contributed by atoms with Gasteiger partial charge in [-0.3, -0.25) is 4.79 Å². The lowest BCUT2D eigenvalue weighted by Gasteiger charge is -2.10. The number of benzene rings is 4. The van der Waals surface area contributed by atoms with E-state index in [1.807, 2.05) is 67.6 Å². The van der Waals surface area contributed by atoms with E-state index in [4.69, 9.17) is 10.5 Å². The van der Waals surface area contributed by atoms with E-state index in [1.54, 1.807) is 6.07 Å². The normalized spacial score (nSPS) is 11.1. The molecule has 1 heterocycles. The molecule has 0 bridgehead atoms. The molecule has 1 amide bonds. The van der Waals surface area contributed by atoms with Crippen LogP contribution in [-0.4, -0.2) is 10.5 Å². The molecule has 4 aromatic carbocycles. The summed E-state index contributed by atoms with van der Waals surface area (Å²) < 4.78 is 8.12. The van der Waals surface area contributed by atoms with Crippen LogP contribution in [0.1, 0.15) is 21.5 Å². The van der Waals surface area contributed by atoms with Gasteiger partial charge in [-0.2, -0.15) is 0 Å². The molecular weight excluding hydrogens is 384 g/mol. The molecule has 2 N–H and O–H groups in total. The van der Waals surface area contributed by atoms with Gasteiger partial charge in [0.25, 0.3) is 0 Å². The molecule has 0 saturated carbocycles. The number of carbonyl (C=O) groups excluding carboxylic acids is 1. The Kier molecular flexibility index (Phi) is 4.68. The predicted molar refractivity (Wildman–Crippen MR) is 124 cm³/mol. The van der Waals surface area contributed by atoms with Crippen molar-refractivity contribution in [3.63, 3.8) is 0 Å². The Morgan fingerprint density at radius 2 is 1.68 bits per heavy atom. The highest BCUT2D eigenvalue weighted by Crippen LogP contribution is 2.33. The maximum atomic E-state index is 12.1. The molecule has 4 heteroatoms. The number of carbonyl (C=O) groups is 1. The molecule has 0 aliphatic rings. The highest BCUT2D eigenvalue weighted by molar-refractivity contribution is 6.17. The molecule has 0 spiro atoms. The van der Waals surface area contributed by atoms with Gasteiger partial charge in [0.2, 0.25) is 5.91 Å². The maximum Gasteiger partial charge on any atom is 0.249 e. The lowest BCUT2D eigenvalue weighted by Crippen LogP contribution is -2.11. The molecule has 0 fully saturated rings. The average Bonchev–Trinajstić information content (AvgIpc) is 3.08. The Morgan fingerprint density at radius 1 is 0.935 bits per heavy atom. The minimum atomic E-state index is -0.430. The number of aryl methyl sites for hydroxylation is 1. The summed E-state index contributed by atoms with van der Waals surface area (Å²) in [5.74, 6) is 1.17. The van der Waals surface area contributed by atoms with Gasteiger partial charge in [-0.25, -0.2) is 0 Å². The molecule has 1 radical (unpaired) electrons. The van der Waals surface area contributed by atoms with E-state index in [0.29, 0.717) is 12.1 Å². The number of rotatable bonds is 5. The fraction of sp³-hybridized carbons (Fsp3) is 0.0741. The molecule has 4 nitrogen and oxygen atoms in total. The van der Waals surface area contributed by atoms with Crippen LogP contribution in [0.3, 0.4) is 0 Å². The van der Waals surface area contributed by atoms with Crippen molar-refractivity contribution in [3.8, 4) is 11.5 Å². The third-order valence-electron chi connectivity index (χ3n) is 5.45. The summed E-state index contributed by atoms with van der Waals surface area (Å²) in [5.41, 5.74) is 10.4. The maximum absolute atomic E-state index is 12.1. The topological polar surface area (TPSA) is 57.2 Å². The van der Waals surface area contributed by atoms with Crippen molar-refractivity contribution >= 4 is 27.7 Å². The smallest absolute Gasteiger partial charge is 0.249 e. The highest BCUT2D eigenvalue weighted by Gasteiger charge is 2.16. The molecule has 0 saturated heterocycles. The van der Waals surface area contributed by atoms with Crippen molar-refractivity contribution in [3.05, 3.63) is 108 Å². The van der Waals surface area contributed by atoms with Crippen molar-refractivity contribution in [2.75, 3.05) is 0 Å². The zero-order valence-corrected chi connectivity index (χ0v) is 17.1. The van der Waals surface area contributed by atoms with Crippen LogP contribution < -0.4 is 10.5 Å². The molecule has 0 atom stereocenters. The Balaban J connectivity index is 1.56. The number of amides is 1. The van der Waals surface area contributed by atoms with Crippen LogP contribution in [0.25, 0.3) is 21.8 Å². The first-order valence-electron chi connectivity index (χ1n) is 10.1. The minimum Gasteiger partial charge on any atom is -0.457 e.